The molecule has 1 heterocycles. The highest BCUT2D eigenvalue weighted by Gasteiger charge is 2.20. The van der Waals surface area contributed by atoms with Crippen molar-refractivity contribution in [2.45, 2.75) is 54.4 Å². The summed E-state index contributed by atoms with van der Waals surface area (Å²) in [7, 11) is 0. The first-order valence-electron chi connectivity index (χ1n) is 23.0. The molecule has 66 heavy (non-hydrogen) atoms. The van der Waals surface area contributed by atoms with Crippen LogP contribution in [0, 0.1) is 6.92 Å². The first kappa shape index (κ1) is 47.8. The van der Waals surface area contributed by atoms with Gasteiger partial charge in [0.1, 0.15) is 0 Å². The molecule has 330 valence electrons. The largest absolute Gasteiger partial charge is 0.314 e. The van der Waals surface area contributed by atoms with Gasteiger partial charge in [0.25, 0.3) is 0 Å². The Morgan fingerprint density at radius 3 is 1.97 bits per heavy atom. The number of aromatic nitrogens is 1. The summed E-state index contributed by atoms with van der Waals surface area (Å²) in [4.78, 5) is 2.31. The second-order valence-electron chi connectivity index (χ2n) is 16.1. The van der Waals surface area contributed by atoms with Gasteiger partial charge in [-0.2, -0.15) is 0 Å². The number of nitrogens with zero attached hydrogens (tertiary/aromatic N) is 2. The molecule has 0 fully saturated rings. The molecular weight excluding hydrogens is 797 g/mol. The van der Waals surface area contributed by atoms with Crippen LogP contribution in [0.4, 0.5) is 5.69 Å². The molecule has 6 rings (SSSR count). The van der Waals surface area contributed by atoms with Gasteiger partial charge in [-0.1, -0.05) is 206 Å². The minimum Gasteiger partial charge on any atom is -0.314 e. The lowest BCUT2D eigenvalue weighted by Crippen LogP contribution is -2.20. The van der Waals surface area contributed by atoms with Crippen molar-refractivity contribution in [3.63, 3.8) is 0 Å². The number of fused-ring (bicyclic) bond motifs is 1. The van der Waals surface area contributed by atoms with Gasteiger partial charge in [0.05, 0.1) is 5.52 Å². The molecule has 0 bridgehead atoms. The van der Waals surface area contributed by atoms with Crippen LogP contribution in [0.1, 0.15) is 57.9 Å². The van der Waals surface area contributed by atoms with Crippen LogP contribution in [0.3, 0.4) is 0 Å². The SMILES string of the molecule is C=C/C(=C\C(=C/C)c1cccc2c1c(C/C=C(\C=C/C)C/C=C\C=C/C)c(C)n2-c1ccccc1)N(C1=C/C=C/C=C/C=C(C)/C=C\C=C/C(C)=C/C=C\1)c1ccc(-c2ccccc2)cc1. The zero-order valence-corrected chi connectivity index (χ0v) is 39.6. The van der Waals surface area contributed by atoms with E-state index in [1.165, 1.54) is 44.4 Å². The predicted molar refractivity (Wildman–Crippen MR) is 291 cm³/mol. The molecule has 1 aliphatic rings. The van der Waals surface area contributed by atoms with Crippen molar-refractivity contribution in [1.82, 2.24) is 4.57 Å². The third-order valence-electron chi connectivity index (χ3n) is 11.4. The maximum Gasteiger partial charge on any atom is 0.0540 e. The predicted octanol–water partition coefficient (Wildman–Crippen LogP) is 17.7. The van der Waals surface area contributed by atoms with Crippen LogP contribution < -0.4 is 4.90 Å². The summed E-state index contributed by atoms with van der Waals surface area (Å²) in [6, 6.07) is 36.8. The number of hydrogen-bond acceptors (Lipinski definition) is 1. The van der Waals surface area contributed by atoms with E-state index < -0.39 is 0 Å². The maximum atomic E-state index is 4.47. The number of allylic oxidation sites excluding steroid dienone is 27. The van der Waals surface area contributed by atoms with E-state index in [2.05, 4.69) is 287 Å². The number of benzene rings is 4. The standard InChI is InChI=1S/C64H64N2/c1-8-12-13-19-34-53(29-9-2)43-48-61-52(7)65(58-37-23-17-24-38-58)63-42-28-41-62(64(61)63)54(10-3)49-57(11-4)66(60-46-44-56(45-47-60)55-35-20-16-21-36-55)59-39-22-15-14-18-30-50(5)31-25-26-32-51(6)33-27-40-59/h8-33,35-47,49H,4,34,48H2,1-3,5-7H3/b12-8-,15-14?,18-14+,19-13-,22-15+,26-25?,29-9-,30-18?,31-25-,32-26-,33-27?,39-22?,40-27-,50-30+,50-31?,51-32?,51-33+,53-43+,54-10+,57-49+,59-39+,59-40?. The van der Waals surface area contributed by atoms with E-state index in [1.807, 2.05) is 13.0 Å². The number of anilines is 1. The molecule has 2 nitrogen and oxygen atoms in total. The van der Waals surface area contributed by atoms with Crippen molar-refractivity contribution in [3.8, 4) is 16.8 Å². The van der Waals surface area contributed by atoms with Crippen LogP contribution in [0.5, 0.6) is 0 Å². The highest BCUT2D eigenvalue weighted by molar-refractivity contribution is 5.99. The molecule has 0 unspecified atom stereocenters. The summed E-state index contributed by atoms with van der Waals surface area (Å²) in [5.41, 5.74) is 16.0. The molecule has 5 aromatic rings. The van der Waals surface area contributed by atoms with Crippen molar-refractivity contribution in [2.24, 2.45) is 0 Å². The summed E-state index contributed by atoms with van der Waals surface area (Å²) >= 11 is 0. The quantitative estimate of drug-likeness (QED) is 0.101. The summed E-state index contributed by atoms with van der Waals surface area (Å²) in [6.07, 6.45) is 50.9. The third kappa shape index (κ3) is 12.7. The molecule has 0 spiro atoms. The molecule has 0 N–H and O–H groups in total. The minimum atomic E-state index is 0.789. The van der Waals surface area contributed by atoms with E-state index in [0.717, 1.165) is 52.3 Å². The van der Waals surface area contributed by atoms with Crippen molar-refractivity contribution >= 4 is 22.2 Å². The highest BCUT2D eigenvalue weighted by Crippen LogP contribution is 2.38. The highest BCUT2D eigenvalue weighted by atomic mass is 15.1. The third-order valence-corrected chi connectivity index (χ3v) is 11.4. The van der Waals surface area contributed by atoms with E-state index in [0.29, 0.717) is 0 Å². The molecule has 0 amide bonds. The fourth-order valence-electron chi connectivity index (χ4n) is 8.09. The molecule has 0 saturated heterocycles. The fourth-order valence-corrected chi connectivity index (χ4v) is 8.09. The van der Waals surface area contributed by atoms with Gasteiger partial charge >= 0.3 is 0 Å². The Bertz CT molecular complexity index is 2880. The second-order valence-corrected chi connectivity index (χ2v) is 16.1. The Balaban J connectivity index is 1.56. The Kier molecular flexibility index (Phi) is 18.1. The summed E-state index contributed by atoms with van der Waals surface area (Å²) in [5.74, 6) is 0. The molecule has 0 aliphatic heterocycles. The molecule has 1 aliphatic carbocycles. The van der Waals surface area contributed by atoms with Crippen LogP contribution in [0.2, 0.25) is 0 Å². The Labute approximate surface area is 395 Å². The maximum absolute atomic E-state index is 4.47. The zero-order chi connectivity index (χ0) is 46.5. The lowest BCUT2D eigenvalue weighted by molar-refractivity contribution is 1.02. The van der Waals surface area contributed by atoms with Gasteiger partial charge in [-0.3, -0.25) is 0 Å². The first-order chi connectivity index (χ1) is 32.4. The van der Waals surface area contributed by atoms with E-state index in [-0.39, 0.29) is 0 Å². The smallest absolute Gasteiger partial charge is 0.0540 e. The van der Waals surface area contributed by atoms with Gasteiger partial charge < -0.3 is 9.47 Å². The topological polar surface area (TPSA) is 8.17 Å². The second kappa shape index (κ2) is 25.0. The van der Waals surface area contributed by atoms with Crippen molar-refractivity contribution in [1.29, 1.82) is 0 Å². The van der Waals surface area contributed by atoms with E-state index >= 15 is 0 Å². The number of rotatable bonds is 14. The normalized spacial score (nSPS) is 19.2. The Hall–Kier alpha value is -7.68. The minimum absolute atomic E-state index is 0.789. The van der Waals surface area contributed by atoms with Gasteiger partial charge in [-0.15, -0.1) is 0 Å². The lowest BCUT2D eigenvalue weighted by Gasteiger charge is -2.28. The average molecular weight is 861 g/mol. The lowest BCUT2D eigenvalue weighted by atomic mass is 9.95. The number of para-hydroxylation sites is 1. The zero-order valence-electron chi connectivity index (χ0n) is 39.6. The molecule has 2 heteroatoms. The van der Waals surface area contributed by atoms with Gasteiger partial charge in [0.2, 0.25) is 0 Å². The average Bonchev–Trinajstić information content (AvgIpc) is 3.63. The van der Waals surface area contributed by atoms with Gasteiger partial charge in [0, 0.05) is 33.8 Å². The van der Waals surface area contributed by atoms with Crippen LogP contribution in [0.25, 0.3) is 33.3 Å². The van der Waals surface area contributed by atoms with Gasteiger partial charge in [-0.25, -0.2) is 0 Å². The van der Waals surface area contributed by atoms with Crippen LogP contribution in [-0.4, -0.2) is 4.57 Å². The van der Waals surface area contributed by atoms with Crippen molar-refractivity contribution in [2.75, 3.05) is 4.90 Å². The van der Waals surface area contributed by atoms with Gasteiger partial charge in [-0.05, 0) is 142 Å². The fraction of sp³-hybridized carbons (Fsp3) is 0.125. The molecular formula is C64H64N2. The summed E-state index contributed by atoms with van der Waals surface area (Å²) < 4.78 is 2.42. The first-order valence-corrected chi connectivity index (χ1v) is 23.0. The molecule has 4 aromatic carbocycles. The monoisotopic (exact) mass is 861 g/mol. The molecule has 0 saturated carbocycles. The van der Waals surface area contributed by atoms with E-state index in [9.17, 15) is 0 Å². The summed E-state index contributed by atoms with van der Waals surface area (Å²) in [6.45, 7) is 17.3. The van der Waals surface area contributed by atoms with Gasteiger partial charge in [0.15, 0.2) is 0 Å². The molecule has 1 aromatic heterocycles. The number of hydrogen-bond donors (Lipinski definition) is 0. The van der Waals surface area contributed by atoms with E-state index in [4.69, 9.17) is 0 Å². The Morgan fingerprint density at radius 1 is 0.636 bits per heavy atom. The molecule has 0 atom stereocenters. The van der Waals surface area contributed by atoms with E-state index in [1.54, 1.807) is 0 Å². The van der Waals surface area contributed by atoms with Crippen LogP contribution >= 0.6 is 0 Å². The summed E-state index contributed by atoms with van der Waals surface area (Å²) in [5, 5.41) is 1.25. The van der Waals surface area contributed by atoms with Crippen molar-refractivity contribution < 1.29 is 0 Å². The molecule has 0 radical (unpaired) electrons. The Morgan fingerprint density at radius 2 is 1.30 bits per heavy atom. The van der Waals surface area contributed by atoms with Crippen molar-refractivity contribution in [3.05, 3.63) is 294 Å². The van der Waals surface area contributed by atoms with Crippen LogP contribution in [-0.2, 0) is 6.42 Å². The van der Waals surface area contributed by atoms with Crippen LogP contribution in [0.15, 0.2) is 278 Å².